The quantitative estimate of drug-likeness (QED) is 0.552. The lowest BCUT2D eigenvalue weighted by atomic mass is 9.57. The molecule has 26 heavy (non-hydrogen) atoms. The summed E-state index contributed by atoms with van der Waals surface area (Å²) in [6.45, 7) is 2.04. The van der Waals surface area contributed by atoms with Crippen LogP contribution in [-0.2, 0) is 24.0 Å². The van der Waals surface area contributed by atoms with Crippen molar-refractivity contribution in [3.63, 3.8) is 0 Å². The highest BCUT2D eigenvalue weighted by molar-refractivity contribution is 6.38. The topological polar surface area (TPSA) is 82.0 Å². The van der Waals surface area contributed by atoms with Crippen LogP contribution in [-0.4, -0.2) is 36.0 Å². The molecular formula is C20H21NO5. The van der Waals surface area contributed by atoms with E-state index in [1.807, 2.05) is 0 Å². The van der Waals surface area contributed by atoms with Gasteiger partial charge in [-0.15, -0.1) is 0 Å². The van der Waals surface area contributed by atoms with Crippen molar-refractivity contribution in [2.24, 2.45) is 58.4 Å². The third-order valence-corrected chi connectivity index (χ3v) is 7.94. The maximum absolute atomic E-state index is 13.4. The summed E-state index contributed by atoms with van der Waals surface area (Å²) in [6.07, 6.45) is 5.76. The summed E-state index contributed by atoms with van der Waals surface area (Å²) in [5.74, 6) is -0.389. The summed E-state index contributed by atoms with van der Waals surface area (Å²) in [6, 6.07) is 0. The lowest BCUT2D eigenvalue weighted by molar-refractivity contribution is -0.154. The Kier molecular flexibility index (Phi) is 2.81. The zero-order valence-electron chi connectivity index (χ0n) is 14.5. The Morgan fingerprint density at radius 3 is 2.35 bits per heavy atom. The number of esters is 1. The summed E-state index contributed by atoms with van der Waals surface area (Å²) in [5.41, 5.74) is 0.318. The molecule has 1 aliphatic heterocycles. The van der Waals surface area contributed by atoms with E-state index in [-0.39, 0.29) is 77.5 Å². The average molecular weight is 355 g/mol. The molecule has 0 radical (unpaired) electrons. The summed E-state index contributed by atoms with van der Waals surface area (Å²) in [7, 11) is 0. The molecular weight excluding hydrogens is 334 g/mol. The van der Waals surface area contributed by atoms with E-state index < -0.39 is 5.97 Å². The number of carbonyl (C=O) groups excluding carboxylic acids is 3. The first-order valence-corrected chi connectivity index (χ1v) is 9.78. The van der Waals surface area contributed by atoms with Crippen LogP contribution < -0.4 is 0 Å². The van der Waals surface area contributed by atoms with Crippen LogP contribution in [0.3, 0.4) is 0 Å². The molecule has 136 valence electrons. The van der Waals surface area contributed by atoms with Crippen molar-refractivity contribution in [2.75, 3.05) is 6.61 Å². The van der Waals surface area contributed by atoms with E-state index >= 15 is 0 Å². The molecule has 6 aliphatic rings. The molecule has 4 fully saturated rings. The number of oxime groups is 1. The van der Waals surface area contributed by atoms with Crippen LogP contribution in [0.4, 0.5) is 0 Å². The van der Waals surface area contributed by atoms with E-state index in [0.717, 1.165) is 12.8 Å². The van der Waals surface area contributed by atoms with Gasteiger partial charge < -0.3 is 9.57 Å². The zero-order chi connectivity index (χ0) is 17.7. The molecule has 1 heterocycles. The van der Waals surface area contributed by atoms with Crippen LogP contribution in [0.2, 0.25) is 0 Å². The Balaban J connectivity index is 1.37. The highest BCUT2D eigenvalue weighted by Crippen LogP contribution is 2.65. The van der Waals surface area contributed by atoms with Gasteiger partial charge in [0.2, 0.25) is 0 Å². The Morgan fingerprint density at radius 2 is 1.69 bits per heavy atom. The molecule has 0 spiro atoms. The molecule has 10 atom stereocenters. The largest absolute Gasteiger partial charge is 0.461 e. The maximum Gasteiger partial charge on any atom is 0.356 e. The summed E-state index contributed by atoms with van der Waals surface area (Å²) < 4.78 is 5.12. The van der Waals surface area contributed by atoms with E-state index in [1.54, 1.807) is 6.92 Å². The van der Waals surface area contributed by atoms with E-state index in [1.165, 1.54) is 0 Å². The first-order valence-electron chi connectivity index (χ1n) is 9.78. The molecule has 0 unspecified atom stereocenters. The van der Waals surface area contributed by atoms with E-state index in [0.29, 0.717) is 5.71 Å². The first-order chi connectivity index (χ1) is 12.6. The molecule has 6 nitrogen and oxygen atoms in total. The fourth-order valence-electron chi connectivity index (χ4n) is 7.24. The average Bonchev–Trinajstić information content (AvgIpc) is 3.41. The van der Waals surface area contributed by atoms with E-state index in [9.17, 15) is 14.4 Å². The summed E-state index contributed by atoms with van der Waals surface area (Å²) >= 11 is 0. The highest BCUT2D eigenvalue weighted by atomic mass is 16.6. The number of rotatable bonds is 2. The van der Waals surface area contributed by atoms with Gasteiger partial charge in [-0.2, -0.15) is 0 Å². The number of fused-ring (bicyclic) bond motifs is 13. The smallest absolute Gasteiger partial charge is 0.356 e. The van der Waals surface area contributed by atoms with Gasteiger partial charge in [-0.05, 0) is 37.5 Å². The van der Waals surface area contributed by atoms with E-state index in [4.69, 9.17) is 9.57 Å². The minimum atomic E-state index is -0.445. The molecule has 6 heteroatoms. The lowest BCUT2D eigenvalue weighted by Crippen LogP contribution is -2.55. The van der Waals surface area contributed by atoms with Crippen molar-refractivity contribution in [3.05, 3.63) is 12.2 Å². The minimum absolute atomic E-state index is 0.00572. The second-order valence-electron chi connectivity index (χ2n) is 8.71. The number of ketones is 2. The number of ether oxygens (including phenoxy) is 1. The van der Waals surface area contributed by atoms with Crippen LogP contribution in [0.1, 0.15) is 19.8 Å². The predicted octanol–water partition coefficient (Wildman–Crippen LogP) is 1.39. The molecule has 0 saturated heterocycles. The summed E-state index contributed by atoms with van der Waals surface area (Å²) in [5, 5.41) is 4.01. The number of carbonyl (C=O) groups is 3. The number of Topliss-reactive ketones (excluding diaryl/α,β-unsaturated/α-hetero) is 2. The second kappa shape index (κ2) is 4.84. The minimum Gasteiger partial charge on any atom is -0.461 e. The van der Waals surface area contributed by atoms with Gasteiger partial charge in [0, 0.05) is 29.6 Å². The number of nitrogens with zero attached hydrogens (tertiary/aromatic N) is 1. The van der Waals surface area contributed by atoms with Crippen molar-refractivity contribution in [1.82, 2.24) is 0 Å². The van der Waals surface area contributed by atoms with Crippen LogP contribution in [0.25, 0.3) is 0 Å². The van der Waals surface area contributed by atoms with Gasteiger partial charge in [0.25, 0.3) is 0 Å². The van der Waals surface area contributed by atoms with Gasteiger partial charge >= 0.3 is 5.97 Å². The Bertz CT molecular complexity index is 800. The van der Waals surface area contributed by atoms with Crippen molar-refractivity contribution < 1.29 is 24.0 Å². The van der Waals surface area contributed by atoms with Gasteiger partial charge in [-0.3, -0.25) is 9.59 Å². The fourth-order valence-corrected chi connectivity index (χ4v) is 7.24. The third-order valence-electron chi connectivity index (χ3n) is 7.94. The maximum atomic E-state index is 13.4. The zero-order valence-corrected chi connectivity index (χ0v) is 14.5. The van der Waals surface area contributed by atoms with Crippen molar-refractivity contribution >= 4 is 23.2 Å². The van der Waals surface area contributed by atoms with Crippen molar-refractivity contribution in [3.8, 4) is 0 Å². The van der Waals surface area contributed by atoms with Crippen LogP contribution in [0.15, 0.2) is 17.3 Å². The second-order valence-corrected chi connectivity index (χ2v) is 8.71. The molecule has 0 amide bonds. The van der Waals surface area contributed by atoms with Crippen LogP contribution in [0.5, 0.6) is 0 Å². The van der Waals surface area contributed by atoms with Gasteiger partial charge in [-0.25, -0.2) is 4.79 Å². The van der Waals surface area contributed by atoms with Crippen molar-refractivity contribution in [1.29, 1.82) is 0 Å². The highest BCUT2D eigenvalue weighted by Gasteiger charge is 2.72. The van der Waals surface area contributed by atoms with Gasteiger partial charge in [0.05, 0.1) is 12.5 Å². The Hall–Kier alpha value is -1.98. The molecule has 5 aliphatic carbocycles. The lowest BCUT2D eigenvalue weighted by Gasteiger charge is -2.44. The monoisotopic (exact) mass is 355 g/mol. The normalized spacial score (nSPS) is 51.8. The van der Waals surface area contributed by atoms with Crippen molar-refractivity contribution in [2.45, 2.75) is 25.9 Å². The number of hydrogen-bond donors (Lipinski definition) is 0. The molecule has 4 bridgehead atoms. The third kappa shape index (κ3) is 1.56. The molecule has 6 rings (SSSR count). The number of allylic oxidation sites excluding steroid dienone is 2. The molecule has 0 aromatic carbocycles. The Morgan fingerprint density at radius 1 is 1.04 bits per heavy atom. The molecule has 0 N–H and O–H groups in total. The fraction of sp³-hybridized carbons (Fsp3) is 0.700. The SMILES string of the molecule is CCOC(=O)C1=NO[C@H]2[C@H]3C[C@@H]([C@@H]12)[C@@H]1C(=O)[C@@H]2[C@H](C(=O)[C@H]31)[C@H]1C=C[C@@H]2C1. The molecule has 0 aromatic rings. The first kappa shape index (κ1) is 15.1. The van der Waals surface area contributed by atoms with E-state index in [2.05, 4.69) is 17.3 Å². The number of hydrogen-bond acceptors (Lipinski definition) is 6. The summed E-state index contributed by atoms with van der Waals surface area (Å²) in [4.78, 5) is 44.6. The van der Waals surface area contributed by atoms with Gasteiger partial charge in [-0.1, -0.05) is 17.3 Å². The standard InChI is InChI=1S/C20H21NO5/c1-2-25-20(24)16-15-9-6-10(19(15)26-21-16)14-13(9)17(22)11-7-3-4-8(5-7)12(11)18(14)23/h3-4,7-15,19H,2,5-6H2,1H3/t7-,8+,9-,10+,11+,12-,13+,14-,15+,19+/m1/s1. The van der Waals surface area contributed by atoms with Crippen LogP contribution in [0, 0.1) is 53.3 Å². The Labute approximate surface area is 151 Å². The molecule has 4 saturated carbocycles. The van der Waals surface area contributed by atoms with Gasteiger partial charge in [0.15, 0.2) is 5.71 Å². The van der Waals surface area contributed by atoms with Crippen LogP contribution >= 0.6 is 0 Å². The molecule has 0 aromatic heterocycles. The predicted molar refractivity (Wildman–Crippen MR) is 88.7 cm³/mol. The van der Waals surface area contributed by atoms with Gasteiger partial charge in [0.1, 0.15) is 17.7 Å².